The van der Waals surface area contributed by atoms with Crippen LogP contribution in [0.5, 0.6) is 0 Å². The van der Waals surface area contributed by atoms with Crippen LogP contribution in [0.25, 0.3) is 0 Å². The zero-order valence-electron chi connectivity index (χ0n) is 29.1. The normalized spacial score (nSPS) is 26.5. The Morgan fingerprint density at radius 1 is 0.714 bits per heavy atom. The van der Waals surface area contributed by atoms with Crippen molar-refractivity contribution in [1.82, 2.24) is 5.32 Å². The lowest BCUT2D eigenvalue weighted by Gasteiger charge is -2.41. The van der Waals surface area contributed by atoms with Crippen LogP contribution in [0.15, 0.2) is 48.6 Å². The molecule has 0 radical (unpaired) electrons. The van der Waals surface area contributed by atoms with Gasteiger partial charge in [0.1, 0.15) is 36.6 Å². The molecule has 0 spiro atoms. The molecule has 13 nitrogen and oxygen atoms in total. The SMILES string of the molecule is CCCC/C=C/CC/C=C/CC/C=C/C(O)C(COP(=O)(O)OC1C(O)C(O)C(O)C(O)C1O)NC(=O)CC(O)C/C=C\CCCCCC. The molecule has 1 aliphatic carbocycles. The molecule has 8 unspecified atom stereocenters. The number of rotatable bonds is 26. The minimum atomic E-state index is -5.14. The third kappa shape index (κ3) is 19.4. The number of nitrogens with one attached hydrogen (secondary N) is 1. The van der Waals surface area contributed by atoms with E-state index >= 15 is 0 Å². The number of phosphoric ester groups is 1. The molecule has 0 aromatic carbocycles. The van der Waals surface area contributed by atoms with Crippen molar-refractivity contribution in [3.63, 3.8) is 0 Å². The molecular weight excluding hydrogens is 657 g/mol. The molecule has 0 aromatic rings. The summed E-state index contributed by atoms with van der Waals surface area (Å²) in [5.74, 6) is -0.649. The van der Waals surface area contributed by atoms with E-state index in [0.29, 0.717) is 12.8 Å². The predicted octanol–water partition coefficient (Wildman–Crippen LogP) is 3.24. The Morgan fingerprint density at radius 2 is 1.22 bits per heavy atom. The summed E-state index contributed by atoms with van der Waals surface area (Å²) in [6.45, 7) is 3.52. The summed E-state index contributed by atoms with van der Waals surface area (Å²) < 4.78 is 22.6. The van der Waals surface area contributed by atoms with Crippen molar-refractivity contribution in [3.8, 4) is 0 Å². The van der Waals surface area contributed by atoms with Gasteiger partial charge in [0.25, 0.3) is 0 Å². The fourth-order valence-electron chi connectivity index (χ4n) is 5.08. The van der Waals surface area contributed by atoms with Gasteiger partial charge in [-0.25, -0.2) is 4.57 Å². The molecule has 0 saturated heterocycles. The first-order valence-corrected chi connectivity index (χ1v) is 19.2. The molecule has 0 heterocycles. The Morgan fingerprint density at radius 3 is 1.82 bits per heavy atom. The predicted molar refractivity (Wildman–Crippen MR) is 187 cm³/mol. The molecular formula is C35H62NO12P. The van der Waals surface area contributed by atoms with Gasteiger partial charge in [-0.3, -0.25) is 13.8 Å². The van der Waals surface area contributed by atoms with E-state index in [1.807, 2.05) is 12.2 Å². The van der Waals surface area contributed by atoms with Gasteiger partial charge >= 0.3 is 7.82 Å². The Hall–Kier alpha value is -1.74. The van der Waals surface area contributed by atoms with Crippen molar-refractivity contribution in [2.24, 2.45) is 0 Å². The number of amides is 1. The molecule has 1 saturated carbocycles. The highest BCUT2D eigenvalue weighted by molar-refractivity contribution is 7.47. The van der Waals surface area contributed by atoms with Crippen LogP contribution in [0.2, 0.25) is 0 Å². The van der Waals surface area contributed by atoms with Crippen molar-refractivity contribution >= 4 is 13.7 Å². The highest BCUT2D eigenvalue weighted by atomic mass is 31.2. The van der Waals surface area contributed by atoms with E-state index in [9.17, 15) is 50.0 Å². The summed E-state index contributed by atoms with van der Waals surface area (Å²) in [6, 6.07) is -1.27. The molecule has 1 aliphatic rings. The number of aliphatic hydroxyl groups excluding tert-OH is 7. The quantitative estimate of drug-likeness (QED) is 0.0357. The maximum atomic E-state index is 12.8. The lowest BCUT2D eigenvalue weighted by molar-refractivity contribution is -0.220. The van der Waals surface area contributed by atoms with E-state index in [0.717, 1.165) is 51.4 Å². The lowest BCUT2D eigenvalue weighted by atomic mass is 9.85. The van der Waals surface area contributed by atoms with Crippen LogP contribution in [0, 0.1) is 0 Å². The third-order valence-electron chi connectivity index (χ3n) is 8.11. The summed E-state index contributed by atoms with van der Waals surface area (Å²) in [5.41, 5.74) is 0. The molecule has 14 heteroatoms. The molecule has 0 bridgehead atoms. The van der Waals surface area contributed by atoms with E-state index < -0.39 is 75.2 Å². The molecule has 0 aliphatic heterocycles. The number of hydrogen-bond acceptors (Lipinski definition) is 11. The maximum absolute atomic E-state index is 12.8. The molecule has 1 rings (SSSR count). The van der Waals surface area contributed by atoms with Crippen molar-refractivity contribution in [3.05, 3.63) is 48.6 Å². The average molecular weight is 720 g/mol. The van der Waals surface area contributed by atoms with Gasteiger partial charge in [-0.1, -0.05) is 94.6 Å². The monoisotopic (exact) mass is 719 g/mol. The van der Waals surface area contributed by atoms with Crippen LogP contribution in [-0.2, 0) is 18.4 Å². The average Bonchev–Trinajstić information content (AvgIpc) is 3.06. The van der Waals surface area contributed by atoms with Gasteiger partial charge in [-0.15, -0.1) is 0 Å². The van der Waals surface area contributed by atoms with E-state index in [1.54, 1.807) is 12.2 Å². The number of carbonyl (C=O) groups excluding carboxylic acids is 1. The minimum Gasteiger partial charge on any atom is -0.392 e. The minimum absolute atomic E-state index is 0.242. The standard InChI is InChI=1S/C35H62NO12P/c1-3-5-7-9-11-12-13-14-15-17-19-21-23-28(38)27(36-29(39)24-26(37)22-20-18-16-10-8-6-4-2)25-47-49(45,46)48-35-33(43)31(41)30(40)32(42)34(35)44/h9,11,14-15,18,20-21,23,26-28,30-35,37-38,40-44H,3-8,10,12-13,16-17,19,22,24-25H2,1-2H3,(H,36,39)(H,45,46)/b11-9+,15-14+,20-18-,23-21+. The first-order chi connectivity index (χ1) is 23.3. The highest BCUT2D eigenvalue weighted by Gasteiger charge is 2.51. The third-order valence-corrected chi connectivity index (χ3v) is 9.10. The largest absolute Gasteiger partial charge is 0.472 e. The summed E-state index contributed by atoms with van der Waals surface area (Å²) in [5, 5.41) is 73.6. The number of allylic oxidation sites excluding steroid dienone is 6. The van der Waals surface area contributed by atoms with Crippen LogP contribution in [0.3, 0.4) is 0 Å². The molecule has 1 fully saturated rings. The van der Waals surface area contributed by atoms with Gasteiger partial charge < -0.3 is 46.0 Å². The molecule has 0 aromatic heterocycles. The van der Waals surface area contributed by atoms with Crippen LogP contribution in [0.4, 0.5) is 0 Å². The Labute approximate surface area is 291 Å². The number of aliphatic hydroxyl groups is 7. The maximum Gasteiger partial charge on any atom is 0.472 e. The Balaban J connectivity index is 2.79. The molecule has 9 N–H and O–H groups in total. The number of phosphoric acid groups is 1. The Bertz CT molecular complexity index is 1040. The fourth-order valence-corrected chi connectivity index (χ4v) is 6.04. The number of unbranched alkanes of at least 4 members (excludes halogenated alkanes) is 8. The van der Waals surface area contributed by atoms with Gasteiger partial charge in [0, 0.05) is 0 Å². The summed E-state index contributed by atoms with van der Waals surface area (Å²) in [6.07, 6.45) is 12.8. The molecule has 284 valence electrons. The van der Waals surface area contributed by atoms with Crippen molar-refractivity contribution in [1.29, 1.82) is 0 Å². The summed E-state index contributed by atoms with van der Waals surface area (Å²) in [7, 11) is -5.14. The molecule has 8 atom stereocenters. The molecule has 1 amide bonds. The van der Waals surface area contributed by atoms with Crippen molar-refractivity contribution in [2.45, 2.75) is 159 Å². The van der Waals surface area contributed by atoms with E-state index in [-0.39, 0.29) is 12.8 Å². The number of hydrogen-bond donors (Lipinski definition) is 9. The first-order valence-electron chi connectivity index (χ1n) is 17.7. The zero-order valence-corrected chi connectivity index (χ0v) is 30.0. The summed E-state index contributed by atoms with van der Waals surface area (Å²) in [4.78, 5) is 23.1. The van der Waals surface area contributed by atoms with Crippen LogP contribution in [0.1, 0.15) is 104 Å². The van der Waals surface area contributed by atoms with Gasteiger partial charge in [0.15, 0.2) is 0 Å². The Kier molecular flexibility index (Phi) is 24.1. The second kappa shape index (κ2) is 26.1. The second-order valence-corrected chi connectivity index (χ2v) is 13.9. The van der Waals surface area contributed by atoms with Crippen LogP contribution >= 0.6 is 7.82 Å². The second-order valence-electron chi connectivity index (χ2n) is 12.5. The van der Waals surface area contributed by atoms with Crippen LogP contribution in [-0.4, -0.2) is 108 Å². The van der Waals surface area contributed by atoms with Crippen molar-refractivity contribution in [2.75, 3.05) is 6.61 Å². The van der Waals surface area contributed by atoms with E-state index in [4.69, 9.17) is 9.05 Å². The van der Waals surface area contributed by atoms with E-state index in [2.05, 4.69) is 37.4 Å². The smallest absolute Gasteiger partial charge is 0.392 e. The van der Waals surface area contributed by atoms with Crippen molar-refractivity contribution < 1.29 is 59.0 Å². The lowest BCUT2D eigenvalue weighted by Crippen LogP contribution is -2.64. The van der Waals surface area contributed by atoms with Gasteiger partial charge in [-0.05, 0) is 51.4 Å². The number of carbonyl (C=O) groups is 1. The van der Waals surface area contributed by atoms with E-state index in [1.165, 1.54) is 18.9 Å². The highest BCUT2D eigenvalue weighted by Crippen LogP contribution is 2.47. The fraction of sp³-hybridized carbons (Fsp3) is 0.743. The van der Waals surface area contributed by atoms with Gasteiger partial charge in [0.05, 0.1) is 31.3 Å². The van der Waals surface area contributed by atoms with Crippen LogP contribution < -0.4 is 5.32 Å². The zero-order chi connectivity index (χ0) is 36.7. The topological polar surface area (TPSA) is 226 Å². The van der Waals surface area contributed by atoms with Gasteiger partial charge in [-0.2, -0.15) is 0 Å². The summed E-state index contributed by atoms with van der Waals surface area (Å²) >= 11 is 0. The molecule has 49 heavy (non-hydrogen) atoms. The first kappa shape index (κ1) is 45.3. The van der Waals surface area contributed by atoms with Gasteiger partial charge in [0.2, 0.25) is 5.91 Å².